The molecule has 0 aliphatic carbocycles. The van der Waals surface area contributed by atoms with Gasteiger partial charge in [-0.2, -0.15) is 0 Å². The Labute approximate surface area is 97.0 Å². The van der Waals surface area contributed by atoms with E-state index in [0.717, 1.165) is 11.8 Å². The zero-order valence-electron chi connectivity index (χ0n) is 10.7. The summed E-state index contributed by atoms with van der Waals surface area (Å²) in [7, 11) is 3.74. The highest BCUT2D eigenvalue weighted by Crippen LogP contribution is 1.98. The van der Waals surface area contributed by atoms with E-state index in [9.17, 15) is 0 Å². The summed E-state index contributed by atoms with van der Waals surface area (Å²) >= 11 is 0. The third kappa shape index (κ3) is 3.92. The van der Waals surface area contributed by atoms with E-state index in [1.165, 1.54) is 0 Å². The van der Waals surface area contributed by atoms with Crippen molar-refractivity contribution in [3.63, 3.8) is 0 Å². The van der Waals surface area contributed by atoms with E-state index >= 15 is 0 Å². The monoisotopic (exact) mass is 223 g/mol. The Morgan fingerprint density at radius 2 is 2.19 bits per heavy atom. The van der Waals surface area contributed by atoms with Crippen LogP contribution in [0.2, 0.25) is 0 Å². The number of nitrogens with zero attached hydrogens (tertiary/aromatic N) is 3. The largest absolute Gasteiger partial charge is 0.352 e. The molecule has 1 heterocycles. The third-order valence-corrected chi connectivity index (χ3v) is 2.05. The molecule has 5 nitrogen and oxygen atoms in total. The van der Waals surface area contributed by atoms with Crippen LogP contribution in [0.15, 0.2) is 17.4 Å². The van der Waals surface area contributed by atoms with Crippen LogP contribution in [0.25, 0.3) is 0 Å². The van der Waals surface area contributed by atoms with E-state index in [1.54, 1.807) is 13.2 Å². The SMILES string of the molecule is CN=C(NCc1nccn1C)NC(C)(C)C. The van der Waals surface area contributed by atoms with Gasteiger partial charge in [-0.15, -0.1) is 0 Å². The molecule has 0 spiro atoms. The van der Waals surface area contributed by atoms with Crippen LogP contribution < -0.4 is 10.6 Å². The second-order valence-corrected chi connectivity index (χ2v) is 4.76. The quantitative estimate of drug-likeness (QED) is 0.578. The van der Waals surface area contributed by atoms with Crippen LogP contribution in [0, 0.1) is 0 Å². The number of rotatable bonds is 2. The molecule has 0 amide bonds. The Morgan fingerprint density at radius 3 is 2.62 bits per heavy atom. The number of aryl methyl sites for hydroxylation is 1. The Hall–Kier alpha value is -1.52. The fourth-order valence-electron chi connectivity index (χ4n) is 1.26. The fraction of sp³-hybridized carbons (Fsp3) is 0.636. The average Bonchev–Trinajstić information content (AvgIpc) is 2.57. The highest BCUT2D eigenvalue weighted by atomic mass is 15.2. The summed E-state index contributed by atoms with van der Waals surface area (Å²) in [6.45, 7) is 6.96. The first-order valence-electron chi connectivity index (χ1n) is 5.37. The molecule has 1 rings (SSSR count). The Bertz CT molecular complexity index is 359. The van der Waals surface area contributed by atoms with Gasteiger partial charge in [0.25, 0.3) is 0 Å². The maximum Gasteiger partial charge on any atom is 0.191 e. The minimum Gasteiger partial charge on any atom is -0.352 e. The van der Waals surface area contributed by atoms with Crippen molar-refractivity contribution in [2.24, 2.45) is 12.0 Å². The normalized spacial score (nSPS) is 12.7. The smallest absolute Gasteiger partial charge is 0.191 e. The molecule has 0 bridgehead atoms. The van der Waals surface area contributed by atoms with Crippen molar-refractivity contribution in [3.05, 3.63) is 18.2 Å². The van der Waals surface area contributed by atoms with Gasteiger partial charge in [0.2, 0.25) is 0 Å². The van der Waals surface area contributed by atoms with Gasteiger partial charge in [0, 0.05) is 32.0 Å². The topological polar surface area (TPSA) is 54.2 Å². The Morgan fingerprint density at radius 1 is 1.50 bits per heavy atom. The van der Waals surface area contributed by atoms with E-state index in [1.807, 2.05) is 17.8 Å². The molecule has 90 valence electrons. The lowest BCUT2D eigenvalue weighted by molar-refractivity contribution is 0.500. The molecular formula is C11H21N5. The van der Waals surface area contributed by atoms with Gasteiger partial charge in [0.1, 0.15) is 5.82 Å². The lowest BCUT2D eigenvalue weighted by Crippen LogP contribution is -2.47. The molecule has 16 heavy (non-hydrogen) atoms. The van der Waals surface area contributed by atoms with E-state index in [2.05, 4.69) is 41.4 Å². The van der Waals surface area contributed by atoms with Crippen LogP contribution in [0.5, 0.6) is 0 Å². The van der Waals surface area contributed by atoms with Gasteiger partial charge in [-0.1, -0.05) is 0 Å². The first-order valence-corrected chi connectivity index (χ1v) is 5.37. The van der Waals surface area contributed by atoms with Crippen LogP contribution >= 0.6 is 0 Å². The summed E-state index contributed by atoms with van der Waals surface area (Å²) in [4.78, 5) is 8.40. The molecule has 0 saturated carbocycles. The van der Waals surface area contributed by atoms with Gasteiger partial charge >= 0.3 is 0 Å². The zero-order valence-corrected chi connectivity index (χ0v) is 10.7. The van der Waals surface area contributed by atoms with Gasteiger partial charge in [-0.25, -0.2) is 4.98 Å². The van der Waals surface area contributed by atoms with Gasteiger partial charge in [0.05, 0.1) is 6.54 Å². The van der Waals surface area contributed by atoms with E-state index in [4.69, 9.17) is 0 Å². The van der Waals surface area contributed by atoms with Crippen molar-refractivity contribution in [2.75, 3.05) is 7.05 Å². The number of aromatic nitrogens is 2. The van der Waals surface area contributed by atoms with Crippen molar-refractivity contribution >= 4 is 5.96 Å². The van der Waals surface area contributed by atoms with E-state index in [0.29, 0.717) is 6.54 Å². The summed E-state index contributed by atoms with van der Waals surface area (Å²) in [6.07, 6.45) is 3.72. The van der Waals surface area contributed by atoms with Crippen LogP contribution in [-0.4, -0.2) is 28.1 Å². The molecule has 0 atom stereocenters. The lowest BCUT2D eigenvalue weighted by atomic mass is 10.1. The molecule has 0 fully saturated rings. The summed E-state index contributed by atoms with van der Waals surface area (Å²) in [6, 6.07) is 0. The van der Waals surface area contributed by atoms with Gasteiger partial charge < -0.3 is 15.2 Å². The highest BCUT2D eigenvalue weighted by molar-refractivity contribution is 5.80. The molecule has 1 aromatic rings. The molecule has 2 N–H and O–H groups in total. The predicted octanol–water partition coefficient (Wildman–Crippen LogP) is 0.884. The van der Waals surface area contributed by atoms with Crippen molar-refractivity contribution in [3.8, 4) is 0 Å². The molecule has 1 aromatic heterocycles. The summed E-state index contributed by atoms with van der Waals surface area (Å²) in [5.41, 5.74) is 0.00345. The van der Waals surface area contributed by atoms with Crippen LogP contribution in [-0.2, 0) is 13.6 Å². The van der Waals surface area contributed by atoms with Gasteiger partial charge in [-0.05, 0) is 20.8 Å². The Balaban J connectivity index is 2.51. The van der Waals surface area contributed by atoms with Crippen LogP contribution in [0.4, 0.5) is 0 Å². The van der Waals surface area contributed by atoms with Crippen molar-refractivity contribution in [1.82, 2.24) is 20.2 Å². The number of hydrogen-bond acceptors (Lipinski definition) is 2. The number of guanidine groups is 1. The van der Waals surface area contributed by atoms with Crippen LogP contribution in [0.1, 0.15) is 26.6 Å². The molecule has 0 aliphatic heterocycles. The molecular weight excluding hydrogens is 202 g/mol. The fourth-order valence-corrected chi connectivity index (χ4v) is 1.26. The van der Waals surface area contributed by atoms with Crippen molar-refractivity contribution in [1.29, 1.82) is 0 Å². The number of imidazole rings is 1. The van der Waals surface area contributed by atoms with E-state index < -0.39 is 0 Å². The van der Waals surface area contributed by atoms with Crippen molar-refractivity contribution in [2.45, 2.75) is 32.9 Å². The standard InChI is InChI=1S/C11H21N5/c1-11(2,3)15-10(12-4)14-8-9-13-6-7-16(9)5/h6-7H,8H2,1-5H3,(H2,12,14,15). The molecule has 0 aromatic carbocycles. The summed E-state index contributed by atoms with van der Waals surface area (Å²) in [5, 5.41) is 6.51. The number of hydrogen-bond donors (Lipinski definition) is 2. The third-order valence-electron chi connectivity index (χ3n) is 2.05. The second-order valence-electron chi connectivity index (χ2n) is 4.76. The Kier molecular flexibility index (Phi) is 3.93. The molecule has 0 unspecified atom stereocenters. The average molecular weight is 223 g/mol. The van der Waals surface area contributed by atoms with Gasteiger partial charge in [0.15, 0.2) is 5.96 Å². The summed E-state index contributed by atoms with van der Waals surface area (Å²) in [5.74, 6) is 1.77. The maximum absolute atomic E-state index is 4.24. The minimum atomic E-state index is 0.00345. The molecule has 0 aliphatic rings. The lowest BCUT2D eigenvalue weighted by Gasteiger charge is -2.23. The number of aliphatic imine (C=N–C) groups is 1. The molecule has 5 heteroatoms. The predicted molar refractivity (Wildman–Crippen MR) is 66.3 cm³/mol. The van der Waals surface area contributed by atoms with Crippen LogP contribution in [0.3, 0.4) is 0 Å². The maximum atomic E-state index is 4.24. The molecule has 0 radical (unpaired) electrons. The van der Waals surface area contributed by atoms with E-state index in [-0.39, 0.29) is 5.54 Å². The highest BCUT2D eigenvalue weighted by Gasteiger charge is 2.11. The minimum absolute atomic E-state index is 0.00345. The first-order chi connectivity index (χ1) is 7.42. The number of nitrogens with one attached hydrogen (secondary N) is 2. The zero-order chi connectivity index (χ0) is 12.2. The molecule has 0 saturated heterocycles. The summed E-state index contributed by atoms with van der Waals surface area (Å²) < 4.78 is 1.98. The first kappa shape index (κ1) is 12.5. The van der Waals surface area contributed by atoms with Gasteiger partial charge in [-0.3, -0.25) is 4.99 Å². The second kappa shape index (κ2) is 5.01. The van der Waals surface area contributed by atoms with Crippen molar-refractivity contribution < 1.29 is 0 Å².